The predicted molar refractivity (Wildman–Crippen MR) is 151 cm³/mol. The van der Waals surface area contributed by atoms with E-state index in [2.05, 4.69) is 5.32 Å². The summed E-state index contributed by atoms with van der Waals surface area (Å²) in [5, 5.41) is 3.02. The lowest BCUT2D eigenvalue weighted by Gasteiger charge is -2.32. The Kier molecular flexibility index (Phi) is 9.42. The molecule has 0 heterocycles. The summed E-state index contributed by atoms with van der Waals surface area (Å²) in [5.41, 5.74) is 0.463. The van der Waals surface area contributed by atoms with Gasteiger partial charge in [0.25, 0.3) is 10.0 Å². The molecule has 0 aromatic heterocycles. The van der Waals surface area contributed by atoms with Gasteiger partial charge in [0.1, 0.15) is 24.2 Å². The largest absolute Gasteiger partial charge is 0.497 e. The van der Waals surface area contributed by atoms with Gasteiger partial charge in [0.15, 0.2) is 0 Å². The van der Waals surface area contributed by atoms with Crippen molar-refractivity contribution in [2.75, 3.05) is 18.0 Å². The van der Waals surface area contributed by atoms with Gasteiger partial charge >= 0.3 is 0 Å². The van der Waals surface area contributed by atoms with Gasteiger partial charge in [-0.25, -0.2) is 12.8 Å². The fourth-order valence-electron chi connectivity index (χ4n) is 4.79. The number of carbonyl (C=O) groups is 2. The molecule has 0 radical (unpaired) electrons. The number of nitrogens with zero attached hydrogens (tertiary/aromatic N) is 2. The molecule has 4 rings (SSSR count). The highest BCUT2D eigenvalue weighted by Gasteiger charge is 2.34. The minimum absolute atomic E-state index is 0.0403. The predicted octanol–water partition coefficient (Wildman–Crippen LogP) is 4.51. The molecule has 0 spiro atoms. The number of rotatable bonds is 11. The smallest absolute Gasteiger partial charge is 0.264 e. The molecule has 0 saturated heterocycles. The van der Waals surface area contributed by atoms with Crippen molar-refractivity contribution in [1.82, 2.24) is 10.2 Å². The van der Waals surface area contributed by atoms with Crippen LogP contribution in [0.1, 0.15) is 38.2 Å². The summed E-state index contributed by atoms with van der Waals surface area (Å²) in [6.45, 7) is 0.957. The SMILES string of the molecule is COc1ccc(CN(C(=O)CN(c2ccccc2F)S(=O)(=O)c2ccccc2)C(C)C(=O)NC2CCCC2)cc1. The number of ether oxygens (including phenoxy) is 1. The average molecular weight is 568 g/mol. The first kappa shape index (κ1) is 29.1. The molecule has 0 bridgehead atoms. The zero-order valence-electron chi connectivity index (χ0n) is 22.6. The Hall–Kier alpha value is -3.92. The summed E-state index contributed by atoms with van der Waals surface area (Å²) in [4.78, 5) is 28.4. The Morgan fingerprint density at radius 2 is 1.60 bits per heavy atom. The third-order valence-corrected chi connectivity index (χ3v) is 8.89. The topological polar surface area (TPSA) is 96.0 Å². The van der Waals surface area contributed by atoms with Crippen LogP contribution in [0.25, 0.3) is 0 Å². The molecule has 1 unspecified atom stereocenters. The fourth-order valence-corrected chi connectivity index (χ4v) is 6.23. The van der Waals surface area contributed by atoms with Gasteiger partial charge in [0.2, 0.25) is 11.8 Å². The van der Waals surface area contributed by atoms with Crippen molar-refractivity contribution in [3.63, 3.8) is 0 Å². The molecule has 40 heavy (non-hydrogen) atoms. The molecule has 2 amide bonds. The van der Waals surface area contributed by atoms with Crippen LogP contribution in [0, 0.1) is 5.82 Å². The highest BCUT2D eigenvalue weighted by atomic mass is 32.2. The van der Waals surface area contributed by atoms with Crippen molar-refractivity contribution < 1.29 is 27.1 Å². The first-order chi connectivity index (χ1) is 19.2. The van der Waals surface area contributed by atoms with Crippen molar-refractivity contribution >= 4 is 27.5 Å². The second-order valence-electron chi connectivity index (χ2n) is 9.81. The van der Waals surface area contributed by atoms with Gasteiger partial charge in [0.05, 0.1) is 17.7 Å². The van der Waals surface area contributed by atoms with Crippen LogP contribution in [0.3, 0.4) is 0 Å². The molecule has 1 aliphatic rings. The lowest BCUT2D eigenvalue weighted by molar-refractivity contribution is -0.139. The number of nitrogens with one attached hydrogen (secondary N) is 1. The Balaban J connectivity index is 1.68. The van der Waals surface area contributed by atoms with Crippen LogP contribution < -0.4 is 14.4 Å². The summed E-state index contributed by atoms with van der Waals surface area (Å²) < 4.78 is 48.4. The molecule has 10 heteroatoms. The second-order valence-corrected chi connectivity index (χ2v) is 11.7. The highest BCUT2D eigenvalue weighted by Crippen LogP contribution is 2.27. The van der Waals surface area contributed by atoms with E-state index < -0.39 is 34.3 Å². The van der Waals surface area contributed by atoms with Crippen molar-refractivity contribution in [3.05, 3.63) is 90.2 Å². The average Bonchev–Trinajstić information content (AvgIpc) is 3.48. The first-order valence-electron chi connectivity index (χ1n) is 13.3. The zero-order valence-corrected chi connectivity index (χ0v) is 23.4. The molecule has 1 aliphatic carbocycles. The van der Waals surface area contributed by atoms with E-state index in [4.69, 9.17) is 4.74 Å². The Labute approximate surface area is 234 Å². The monoisotopic (exact) mass is 567 g/mol. The molecule has 212 valence electrons. The number of hydrogen-bond acceptors (Lipinski definition) is 5. The summed E-state index contributed by atoms with van der Waals surface area (Å²) >= 11 is 0. The summed E-state index contributed by atoms with van der Waals surface area (Å²) in [6, 6.07) is 19.1. The normalized spacial score (nSPS) is 14.4. The molecule has 3 aromatic rings. The van der Waals surface area contributed by atoms with Crippen LogP contribution in [-0.4, -0.2) is 50.9 Å². The minimum Gasteiger partial charge on any atom is -0.497 e. The number of sulfonamides is 1. The Morgan fingerprint density at radius 3 is 2.23 bits per heavy atom. The number of anilines is 1. The lowest BCUT2D eigenvalue weighted by Crippen LogP contribution is -2.52. The third-order valence-electron chi connectivity index (χ3n) is 7.11. The zero-order chi connectivity index (χ0) is 28.7. The maximum absolute atomic E-state index is 15.0. The third kappa shape index (κ3) is 6.80. The van der Waals surface area contributed by atoms with E-state index >= 15 is 0 Å². The van der Waals surface area contributed by atoms with Crippen LogP contribution in [0.15, 0.2) is 83.8 Å². The molecular weight excluding hydrogens is 533 g/mol. The summed E-state index contributed by atoms with van der Waals surface area (Å²) in [7, 11) is -2.78. The van der Waals surface area contributed by atoms with E-state index in [1.165, 1.54) is 35.2 Å². The van der Waals surface area contributed by atoms with Gasteiger partial charge in [-0.3, -0.25) is 13.9 Å². The van der Waals surface area contributed by atoms with Gasteiger partial charge in [0, 0.05) is 12.6 Å². The fraction of sp³-hybridized carbons (Fsp3) is 0.333. The first-order valence-corrected chi connectivity index (χ1v) is 14.7. The van der Waals surface area contributed by atoms with Gasteiger partial charge in [-0.15, -0.1) is 0 Å². The minimum atomic E-state index is -4.32. The Morgan fingerprint density at radius 1 is 0.975 bits per heavy atom. The number of halogens is 1. The Bertz CT molecular complexity index is 1410. The van der Waals surface area contributed by atoms with Crippen molar-refractivity contribution in [1.29, 1.82) is 0 Å². The molecular formula is C30H34FN3O5S. The number of amides is 2. The second kappa shape index (κ2) is 13.0. The van der Waals surface area contributed by atoms with E-state index in [1.807, 2.05) is 0 Å². The molecule has 1 atom stereocenters. The van der Waals surface area contributed by atoms with E-state index in [0.29, 0.717) is 5.75 Å². The van der Waals surface area contributed by atoms with E-state index in [9.17, 15) is 22.4 Å². The van der Waals surface area contributed by atoms with Crippen molar-refractivity contribution in [2.45, 2.75) is 56.1 Å². The maximum atomic E-state index is 15.0. The van der Waals surface area contributed by atoms with Crippen LogP contribution in [0.4, 0.5) is 10.1 Å². The van der Waals surface area contributed by atoms with Gasteiger partial charge in [-0.2, -0.15) is 0 Å². The quantitative estimate of drug-likeness (QED) is 0.368. The van der Waals surface area contributed by atoms with Crippen LogP contribution in [0.2, 0.25) is 0 Å². The number of methoxy groups -OCH3 is 1. The maximum Gasteiger partial charge on any atom is 0.264 e. The van der Waals surface area contributed by atoms with Gasteiger partial charge < -0.3 is 15.0 Å². The standard InChI is InChI=1S/C30H34FN3O5S/c1-22(30(36)32-24-10-6-7-11-24)33(20-23-16-18-25(39-2)19-17-23)29(35)21-34(28-15-9-8-14-27(28)31)40(37,38)26-12-4-3-5-13-26/h3-5,8-9,12-19,22,24H,6-7,10-11,20-21H2,1-2H3,(H,32,36). The van der Waals surface area contributed by atoms with Gasteiger partial charge in [-0.05, 0) is 61.7 Å². The van der Waals surface area contributed by atoms with E-state index in [0.717, 1.165) is 41.6 Å². The molecule has 1 fully saturated rings. The summed E-state index contributed by atoms with van der Waals surface area (Å²) in [6.07, 6.45) is 3.81. The number of para-hydroxylation sites is 1. The van der Waals surface area contributed by atoms with Crippen molar-refractivity contribution in [3.8, 4) is 5.75 Å². The van der Waals surface area contributed by atoms with Crippen LogP contribution >= 0.6 is 0 Å². The van der Waals surface area contributed by atoms with Gasteiger partial charge in [-0.1, -0.05) is 55.3 Å². The molecule has 0 aliphatic heterocycles. The summed E-state index contributed by atoms with van der Waals surface area (Å²) in [5.74, 6) is -1.12. The molecule has 1 saturated carbocycles. The lowest BCUT2D eigenvalue weighted by atomic mass is 10.1. The molecule has 1 N–H and O–H groups in total. The van der Waals surface area contributed by atoms with Crippen LogP contribution in [0.5, 0.6) is 5.75 Å². The highest BCUT2D eigenvalue weighted by molar-refractivity contribution is 7.92. The van der Waals surface area contributed by atoms with Crippen molar-refractivity contribution in [2.24, 2.45) is 0 Å². The molecule has 8 nitrogen and oxygen atoms in total. The number of hydrogen-bond donors (Lipinski definition) is 1. The number of carbonyl (C=O) groups excluding carboxylic acids is 2. The van der Waals surface area contributed by atoms with E-state index in [-0.39, 0.29) is 29.1 Å². The molecule has 3 aromatic carbocycles. The number of benzene rings is 3. The van der Waals surface area contributed by atoms with Crippen LogP contribution in [-0.2, 0) is 26.2 Å². The van der Waals surface area contributed by atoms with E-state index in [1.54, 1.807) is 56.5 Å².